The molecular weight excluding hydrogens is 368 g/mol. The molecule has 1 fully saturated rings. The molecule has 0 unspecified atom stereocenters. The Labute approximate surface area is 153 Å². The number of nitrogens with zero attached hydrogens (tertiary/aromatic N) is 2. The summed E-state index contributed by atoms with van der Waals surface area (Å²) in [7, 11) is 1.80. The van der Waals surface area contributed by atoms with E-state index in [1.165, 1.54) is 12.8 Å². The van der Waals surface area contributed by atoms with Crippen molar-refractivity contribution >= 4 is 33.5 Å². The van der Waals surface area contributed by atoms with Gasteiger partial charge in [0.25, 0.3) is 0 Å². The molecule has 1 amide bonds. The number of nitrogens with one attached hydrogen (secondary N) is 2. The lowest BCUT2D eigenvalue weighted by atomic mass is 10.00. The minimum atomic E-state index is 0.00985. The lowest BCUT2D eigenvalue weighted by Gasteiger charge is -2.32. The van der Waals surface area contributed by atoms with Crippen LogP contribution in [-0.2, 0) is 4.79 Å². The number of hydrogen-bond acceptors (Lipinski definition) is 2. The SMILES string of the molecule is CN=C(NCCC(=O)Nc1ccc(Br)cc1C)N1CCC(C)CC1. The van der Waals surface area contributed by atoms with E-state index < -0.39 is 0 Å². The molecule has 0 atom stereocenters. The molecule has 0 saturated carbocycles. The lowest BCUT2D eigenvalue weighted by Crippen LogP contribution is -2.46. The van der Waals surface area contributed by atoms with Gasteiger partial charge in [0, 0.05) is 43.3 Å². The van der Waals surface area contributed by atoms with E-state index in [-0.39, 0.29) is 5.91 Å². The molecule has 132 valence electrons. The predicted octanol–water partition coefficient (Wildman–Crippen LogP) is 3.39. The summed E-state index contributed by atoms with van der Waals surface area (Å²) in [6.07, 6.45) is 2.81. The van der Waals surface area contributed by atoms with E-state index in [0.29, 0.717) is 13.0 Å². The Morgan fingerprint density at radius 3 is 2.71 bits per heavy atom. The third-order valence-corrected chi connectivity index (χ3v) is 4.89. The van der Waals surface area contributed by atoms with Crippen molar-refractivity contribution in [2.24, 2.45) is 10.9 Å². The Morgan fingerprint density at radius 1 is 1.38 bits per heavy atom. The Balaban J connectivity index is 1.77. The molecule has 1 aliphatic rings. The molecule has 1 aromatic rings. The molecule has 24 heavy (non-hydrogen) atoms. The fraction of sp³-hybridized carbons (Fsp3) is 0.556. The fourth-order valence-electron chi connectivity index (χ4n) is 2.82. The van der Waals surface area contributed by atoms with Crippen LogP contribution in [0, 0.1) is 12.8 Å². The first-order valence-corrected chi connectivity index (χ1v) is 9.30. The van der Waals surface area contributed by atoms with Crippen LogP contribution < -0.4 is 10.6 Å². The zero-order chi connectivity index (χ0) is 17.5. The minimum absolute atomic E-state index is 0.00985. The Kier molecular flexibility index (Phi) is 7.09. The molecule has 0 aromatic heterocycles. The molecule has 1 saturated heterocycles. The number of carbonyl (C=O) groups excluding carboxylic acids is 1. The zero-order valence-electron chi connectivity index (χ0n) is 14.7. The average Bonchev–Trinajstić information content (AvgIpc) is 2.55. The summed E-state index contributed by atoms with van der Waals surface area (Å²) in [6, 6.07) is 5.84. The van der Waals surface area contributed by atoms with Gasteiger partial charge < -0.3 is 15.5 Å². The van der Waals surface area contributed by atoms with E-state index in [1.54, 1.807) is 7.05 Å². The highest BCUT2D eigenvalue weighted by atomic mass is 79.9. The van der Waals surface area contributed by atoms with E-state index in [9.17, 15) is 4.79 Å². The maximum Gasteiger partial charge on any atom is 0.226 e. The zero-order valence-corrected chi connectivity index (χ0v) is 16.3. The molecule has 0 aliphatic carbocycles. The van der Waals surface area contributed by atoms with Crippen LogP contribution in [-0.4, -0.2) is 43.4 Å². The Morgan fingerprint density at radius 2 is 2.08 bits per heavy atom. The Hall–Kier alpha value is -1.56. The summed E-state index contributed by atoms with van der Waals surface area (Å²) < 4.78 is 1.01. The highest BCUT2D eigenvalue weighted by Crippen LogP contribution is 2.20. The minimum Gasteiger partial charge on any atom is -0.356 e. The van der Waals surface area contributed by atoms with Crippen molar-refractivity contribution in [3.8, 4) is 0 Å². The molecule has 6 heteroatoms. The molecule has 1 aromatic carbocycles. The van der Waals surface area contributed by atoms with Crippen LogP contribution in [0.4, 0.5) is 5.69 Å². The standard InChI is InChI=1S/C18H27BrN4O/c1-13-7-10-23(11-8-13)18(20-3)21-9-6-17(24)22-16-5-4-15(19)12-14(16)2/h4-5,12-13H,6-11H2,1-3H3,(H,20,21)(H,22,24). The number of amides is 1. The molecule has 0 radical (unpaired) electrons. The summed E-state index contributed by atoms with van der Waals surface area (Å²) >= 11 is 3.43. The largest absolute Gasteiger partial charge is 0.356 e. The number of likely N-dealkylation sites (tertiary alicyclic amines) is 1. The first-order chi connectivity index (χ1) is 11.5. The number of benzene rings is 1. The van der Waals surface area contributed by atoms with Crippen LogP contribution in [0.1, 0.15) is 31.7 Å². The maximum atomic E-state index is 12.1. The molecule has 1 heterocycles. The first kappa shape index (κ1) is 18.8. The highest BCUT2D eigenvalue weighted by molar-refractivity contribution is 9.10. The number of aryl methyl sites for hydroxylation is 1. The highest BCUT2D eigenvalue weighted by Gasteiger charge is 2.18. The van der Waals surface area contributed by atoms with E-state index >= 15 is 0 Å². The van der Waals surface area contributed by atoms with Gasteiger partial charge in [-0.25, -0.2) is 0 Å². The van der Waals surface area contributed by atoms with E-state index in [0.717, 1.165) is 40.7 Å². The van der Waals surface area contributed by atoms with Crippen molar-refractivity contribution in [2.45, 2.75) is 33.1 Å². The van der Waals surface area contributed by atoms with Gasteiger partial charge in [-0.05, 0) is 49.4 Å². The number of rotatable bonds is 4. The molecule has 5 nitrogen and oxygen atoms in total. The summed E-state index contributed by atoms with van der Waals surface area (Å²) in [4.78, 5) is 18.7. The smallest absolute Gasteiger partial charge is 0.226 e. The number of carbonyl (C=O) groups is 1. The summed E-state index contributed by atoms with van der Waals surface area (Å²) in [5, 5.41) is 6.26. The van der Waals surface area contributed by atoms with Crippen molar-refractivity contribution in [3.63, 3.8) is 0 Å². The number of halogens is 1. The first-order valence-electron chi connectivity index (χ1n) is 8.51. The molecule has 1 aliphatic heterocycles. The lowest BCUT2D eigenvalue weighted by molar-refractivity contribution is -0.116. The van der Waals surface area contributed by atoms with E-state index in [4.69, 9.17) is 0 Å². The van der Waals surface area contributed by atoms with Crippen LogP contribution >= 0.6 is 15.9 Å². The van der Waals surface area contributed by atoms with E-state index in [2.05, 4.69) is 43.4 Å². The van der Waals surface area contributed by atoms with Gasteiger partial charge in [-0.1, -0.05) is 22.9 Å². The number of aliphatic imine (C=N–C) groups is 1. The second-order valence-electron chi connectivity index (χ2n) is 6.40. The average molecular weight is 395 g/mol. The summed E-state index contributed by atoms with van der Waals surface area (Å²) in [5.41, 5.74) is 1.90. The third-order valence-electron chi connectivity index (χ3n) is 4.39. The van der Waals surface area contributed by atoms with Crippen molar-refractivity contribution in [3.05, 3.63) is 28.2 Å². The molecule has 2 N–H and O–H groups in total. The normalized spacial score (nSPS) is 16.2. The van der Waals surface area contributed by atoms with Crippen molar-refractivity contribution < 1.29 is 4.79 Å². The molecule has 0 spiro atoms. The molecular formula is C18H27BrN4O. The van der Waals surface area contributed by atoms with Gasteiger partial charge in [0.05, 0.1) is 0 Å². The van der Waals surface area contributed by atoms with E-state index in [1.807, 2.05) is 25.1 Å². The summed E-state index contributed by atoms with van der Waals surface area (Å²) in [5.74, 6) is 1.70. The molecule has 2 rings (SSSR count). The van der Waals surface area contributed by atoms with Gasteiger partial charge in [0.1, 0.15) is 0 Å². The Bertz CT molecular complexity index is 595. The second-order valence-corrected chi connectivity index (χ2v) is 7.32. The van der Waals surface area contributed by atoms with Gasteiger partial charge in [0.2, 0.25) is 5.91 Å². The van der Waals surface area contributed by atoms with Gasteiger partial charge in [-0.15, -0.1) is 0 Å². The quantitative estimate of drug-likeness (QED) is 0.607. The van der Waals surface area contributed by atoms with Crippen LogP contribution in [0.2, 0.25) is 0 Å². The van der Waals surface area contributed by atoms with Crippen LogP contribution in [0.5, 0.6) is 0 Å². The maximum absolute atomic E-state index is 12.1. The van der Waals surface area contributed by atoms with Crippen LogP contribution in [0.15, 0.2) is 27.7 Å². The second kappa shape index (κ2) is 9.06. The predicted molar refractivity (Wildman–Crippen MR) is 103 cm³/mol. The van der Waals surface area contributed by atoms with Gasteiger partial charge in [-0.3, -0.25) is 9.79 Å². The number of anilines is 1. The number of piperidine rings is 1. The van der Waals surface area contributed by atoms with Crippen LogP contribution in [0.3, 0.4) is 0 Å². The third kappa shape index (κ3) is 5.51. The van der Waals surface area contributed by atoms with Crippen LogP contribution in [0.25, 0.3) is 0 Å². The molecule has 0 bridgehead atoms. The number of guanidine groups is 1. The van der Waals surface area contributed by atoms with Gasteiger partial charge in [0.15, 0.2) is 5.96 Å². The van der Waals surface area contributed by atoms with Crippen molar-refractivity contribution in [1.29, 1.82) is 0 Å². The van der Waals surface area contributed by atoms with Crippen molar-refractivity contribution in [2.75, 3.05) is 32.0 Å². The van der Waals surface area contributed by atoms with Gasteiger partial charge >= 0.3 is 0 Å². The van der Waals surface area contributed by atoms with Gasteiger partial charge in [-0.2, -0.15) is 0 Å². The van der Waals surface area contributed by atoms with Crippen molar-refractivity contribution in [1.82, 2.24) is 10.2 Å². The topological polar surface area (TPSA) is 56.7 Å². The monoisotopic (exact) mass is 394 g/mol. The summed E-state index contributed by atoms with van der Waals surface area (Å²) in [6.45, 7) is 6.93. The fourth-order valence-corrected chi connectivity index (χ4v) is 3.30. The number of hydrogen-bond donors (Lipinski definition) is 2.